The molecule has 1 saturated heterocycles. The number of pyridine rings is 1. The van der Waals surface area contributed by atoms with Gasteiger partial charge < -0.3 is 20.7 Å². The van der Waals surface area contributed by atoms with Crippen molar-refractivity contribution in [2.45, 2.75) is 12.5 Å². The van der Waals surface area contributed by atoms with Crippen LogP contribution in [0.25, 0.3) is 0 Å². The van der Waals surface area contributed by atoms with Gasteiger partial charge in [0.25, 0.3) is 5.69 Å². The molecule has 1 aromatic heterocycles. The Balaban J connectivity index is 2.10. The van der Waals surface area contributed by atoms with E-state index in [2.05, 4.69) is 15.0 Å². The van der Waals surface area contributed by atoms with E-state index in [1.807, 2.05) is 4.90 Å². The molecule has 0 spiro atoms. The molecule has 20 heavy (non-hydrogen) atoms. The van der Waals surface area contributed by atoms with Crippen LogP contribution in [0.2, 0.25) is 0 Å². The van der Waals surface area contributed by atoms with E-state index in [4.69, 9.17) is 5.73 Å². The number of ether oxygens (including phenoxy) is 1. The van der Waals surface area contributed by atoms with Crippen molar-refractivity contribution in [3.05, 3.63) is 22.2 Å². The van der Waals surface area contributed by atoms with Crippen LogP contribution in [0.4, 0.5) is 22.1 Å². The Morgan fingerprint density at radius 1 is 1.65 bits per heavy atom. The van der Waals surface area contributed by atoms with Crippen molar-refractivity contribution in [2.75, 3.05) is 30.8 Å². The molecule has 2 heterocycles. The van der Waals surface area contributed by atoms with Gasteiger partial charge in [-0.1, -0.05) is 0 Å². The number of carbonyl (C=O) groups excluding carboxylic acids is 1. The first-order valence-electron chi connectivity index (χ1n) is 6.01. The van der Waals surface area contributed by atoms with Gasteiger partial charge in [0, 0.05) is 13.1 Å². The molecule has 9 nitrogen and oxygen atoms in total. The lowest BCUT2D eigenvalue weighted by atomic mass is 10.3. The lowest BCUT2D eigenvalue weighted by Gasteiger charge is -2.17. The highest BCUT2D eigenvalue weighted by molar-refractivity contribution is 5.67. The minimum Gasteiger partial charge on any atom is -0.453 e. The Morgan fingerprint density at radius 2 is 2.40 bits per heavy atom. The molecule has 1 aliphatic heterocycles. The molecule has 1 atom stereocenters. The van der Waals surface area contributed by atoms with Crippen LogP contribution in [0.3, 0.4) is 0 Å². The van der Waals surface area contributed by atoms with E-state index >= 15 is 0 Å². The molecule has 1 aromatic rings. The fraction of sp³-hybridized carbons (Fsp3) is 0.455. The summed E-state index contributed by atoms with van der Waals surface area (Å²) in [5.41, 5.74) is 5.47. The monoisotopic (exact) mass is 281 g/mol. The molecule has 2 rings (SSSR count). The molecule has 9 heteroatoms. The van der Waals surface area contributed by atoms with Gasteiger partial charge in [-0.2, -0.15) is 0 Å². The molecule has 1 fully saturated rings. The van der Waals surface area contributed by atoms with Crippen LogP contribution in [0, 0.1) is 10.1 Å². The number of rotatable bonds is 3. The number of hydrogen-bond acceptors (Lipinski definition) is 7. The highest BCUT2D eigenvalue weighted by Gasteiger charge is 2.26. The molecular formula is C11H15N5O4. The van der Waals surface area contributed by atoms with Gasteiger partial charge in [-0.3, -0.25) is 10.1 Å². The number of aromatic nitrogens is 1. The number of nitrogens with two attached hydrogens (primary N) is 1. The maximum atomic E-state index is 11.1. The number of amides is 1. The van der Waals surface area contributed by atoms with Crippen LogP contribution >= 0.6 is 0 Å². The topological polar surface area (TPSA) is 124 Å². The maximum Gasteiger partial charge on any atom is 0.407 e. The van der Waals surface area contributed by atoms with Crippen molar-refractivity contribution >= 4 is 23.4 Å². The molecule has 0 saturated carbocycles. The average Bonchev–Trinajstić information content (AvgIpc) is 2.86. The molecule has 0 bridgehead atoms. The summed E-state index contributed by atoms with van der Waals surface area (Å²) in [6.07, 6.45) is 0.211. The van der Waals surface area contributed by atoms with Gasteiger partial charge in [-0.15, -0.1) is 0 Å². The largest absolute Gasteiger partial charge is 0.453 e. The highest BCUT2D eigenvalue weighted by Crippen LogP contribution is 2.24. The van der Waals surface area contributed by atoms with Gasteiger partial charge in [-0.25, -0.2) is 9.78 Å². The van der Waals surface area contributed by atoms with Gasteiger partial charge >= 0.3 is 6.09 Å². The maximum absolute atomic E-state index is 11.1. The van der Waals surface area contributed by atoms with Crippen LogP contribution in [0.5, 0.6) is 0 Å². The Labute approximate surface area is 114 Å². The van der Waals surface area contributed by atoms with E-state index in [1.54, 1.807) is 0 Å². The van der Waals surface area contributed by atoms with Crippen LogP contribution in [0.1, 0.15) is 6.42 Å². The second-order valence-electron chi connectivity index (χ2n) is 4.43. The van der Waals surface area contributed by atoms with Gasteiger partial charge in [0.2, 0.25) is 0 Å². The van der Waals surface area contributed by atoms with Crippen LogP contribution in [-0.2, 0) is 4.74 Å². The molecule has 0 aliphatic carbocycles. The number of nitrogen functional groups attached to an aromatic ring is 1. The number of nitrogens with one attached hydrogen (secondary N) is 1. The van der Waals surface area contributed by atoms with E-state index in [0.717, 1.165) is 0 Å². The summed E-state index contributed by atoms with van der Waals surface area (Å²) in [5.74, 6) is 0.532. The van der Waals surface area contributed by atoms with E-state index in [-0.39, 0.29) is 17.5 Å². The summed E-state index contributed by atoms with van der Waals surface area (Å²) in [7, 11) is 1.30. The quantitative estimate of drug-likeness (QED) is 0.610. The minimum atomic E-state index is -0.512. The number of carbonyl (C=O) groups is 1. The summed E-state index contributed by atoms with van der Waals surface area (Å²) < 4.78 is 4.53. The van der Waals surface area contributed by atoms with Crippen molar-refractivity contribution < 1.29 is 14.5 Å². The Kier molecular flexibility index (Phi) is 3.87. The lowest BCUT2D eigenvalue weighted by molar-refractivity contribution is -0.384. The van der Waals surface area contributed by atoms with Gasteiger partial charge in [0.05, 0.1) is 30.2 Å². The third-order valence-corrected chi connectivity index (χ3v) is 3.05. The first-order chi connectivity index (χ1) is 9.49. The van der Waals surface area contributed by atoms with Gasteiger partial charge in [-0.05, 0) is 6.42 Å². The number of hydrogen-bond donors (Lipinski definition) is 2. The third kappa shape index (κ3) is 3.05. The predicted octanol–water partition coefficient (Wildman–Crippen LogP) is 0.507. The average molecular weight is 281 g/mol. The van der Waals surface area contributed by atoms with E-state index in [1.165, 1.54) is 19.2 Å². The molecule has 0 aromatic carbocycles. The number of anilines is 2. The molecule has 108 valence electrons. The second-order valence-corrected chi connectivity index (χ2v) is 4.43. The van der Waals surface area contributed by atoms with Gasteiger partial charge in [0.1, 0.15) is 11.6 Å². The number of methoxy groups -OCH3 is 1. The first-order valence-corrected chi connectivity index (χ1v) is 6.01. The zero-order valence-electron chi connectivity index (χ0n) is 10.9. The third-order valence-electron chi connectivity index (χ3n) is 3.05. The fourth-order valence-electron chi connectivity index (χ4n) is 2.10. The standard InChI is InChI=1S/C11H15N5O4/c1-20-11(17)13-7-2-3-15(6-7)10-5-8(16(18)19)4-9(12)14-10/h4-5,7H,2-3,6H2,1H3,(H2,12,14)(H,13,17). The smallest absolute Gasteiger partial charge is 0.407 e. The number of nitrogens with zero attached hydrogens (tertiary/aromatic N) is 3. The molecule has 1 amide bonds. The van der Waals surface area contributed by atoms with E-state index < -0.39 is 11.0 Å². The summed E-state index contributed by atoms with van der Waals surface area (Å²) >= 11 is 0. The van der Waals surface area contributed by atoms with E-state index in [0.29, 0.717) is 25.3 Å². The van der Waals surface area contributed by atoms with Crippen molar-refractivity contribution in [1.29, 1.82) is 0 Å². The van der Waals surface area contributed by atoms with Gasteiger partial charge in [0.15, 0.2) is 0 Å². The highest BCUT2D eigenvalue weighted by atomic mass is 16.6. The van der Waals surface area contributed by atoms with Crippen molar-refractivity contribution in [2.24, 2.45) is 0 Å². The first kappa shape index (κ1) is 13.8. The zero-order valence-corrected chi connectivity index (χ0v) is 10.9. The van der Waals surface area contributed by atoms with Crippen molar-refractivity contribution in [3.8, 4) is 0 Å². The summed E-state index contributed by atoms with van der Waals surface area (Å²) in [5, 5.41) is 13.5. The Bertz CT molecular complexity index is 536. The van der Waals surface area contributed by atoms with E-state index in [9.17, 15) is 14.9 Å². The summed E-state index contributed by atoms with van der Waals surface area (Å²) in [4.78, 5) is 27.3. The molecule has 3 N–H and O–H groups in total. The van der Waals surface area contributed by atoms with Crippen molar-refractivity contribution in [1.82, 2.24) is 10.3 Å². The van der Waals surface area contributed by atoms with Crippen molar-refractivity contribution in [3.63, 3.8) is 0 Å². The fourth-order valence-corrected chi connectivity index (χ4v) is 2.10. The lowest BCUT2D eigenvalue weighted by Crippen LogP contribution is -2.37. The summed E-state index contributed by atoms with van der Waals surface area (Å²) in [6, 6.07) is 2.51. The predicted molar refractivity (Wildman–Crippen MR) is 71.5 cm³/mol. The van der Waals surface area contributed by atoms with Crippen LogP contribution in [0.15, 0.2) is 12.1 Å². The second kappa shape index (κ2) is 5.59. The number of nitro groups is 1. The van der Waals surface area contributed by atoms with Crippen LogP contribution < -0.4 is 16.0 Å². The SMILES string of the molecule is COC(=O)NC1CCN(c2cc([N+](=O)[O-])cc(N)n2)C1. The number of alkyl carbamates (subject to hydrolysis) is 1. The Hall–Kier alpha value is -2.58. The molecular weight excluding hydrogens is 266 g/mol. The normalized spacial score (nSPS) is 17.9. The Morgan fingerprint density at radius 3 is 3.05 bits per heavy atom. The van der Waals surface area contributed by atoms with Crippen LogP contribution in [-0.4, -0.2) is 42.2 Å². The molecule has 0 radical (unpaired) electrons. The molecule has 1 aliphatic rings. The molecule has 1 unspecified atom stereocenters. The minimum absolute atomic E-state index is 0.0789. The summed E-state index contributed by atoms with van der Waals surface area (Å²) in [6.45, 7) is 1.13. The zero-order chi connectivity index (χ0) is 14.7.